The van der Waals surface area contributed by atoms with E-state index in [9.17, 15) is 5.11 Å². The highest BCUT2D eigenvalue weighted by Crippen LogP contribution is 2.67. The van der Waals surface area contributed by atoms with Crippen molar-refractivity contribution in [3.05, 3.63) is 11.6 Å². The highest BCUT2D eigenvalue weighted by Gasteiger charge is 2.59. The minimum atomic E-state index is -0.568. The summed E-state index contributed by atoms with van der Waals surface area (Å²) in [6.07, 6.45) is 21.4. The highest BCUT2D eigenvalue weighted by atomic mass is 16.6. The van der Waals surface area contributed by atoms with Gasteiger partial charge in [0.05, 0.1) is 6.10 Å². The first-order valence-corrected chi connectivity index (χ1v) is 15.7. The van der Waals surface area contributed by atoms with Crippen molar-refractivity contribution in [2.24, 2.45) is 46.3 Å². The Labute approximate surface area is 218 Å². The van der Waals surface area contributed by atoms with Crippen LogP contribution in [0, 0.1) is 46.3 Å². The van der Waals surface area contributed by atoms with Gasteiger partial charge in [-0.2, -0.15) is 0 Å². The molecule has 2 heteroatoms. The first-order valence-electron chi connectivity index (χ1n) is 15.7. The van der Waals surface area contributed by atoms with E-state index < -0.39 is 6.29 Å². The molecule has 35 heavy (non-hydrogen) atoms. The van der Waals surface area contributed by atoms with Crippen LogP contribution in [-0.4, -0.2) is 17.5 Å². The van der Waals surface area contributed by atoms with Gasteiger partial charge in [-0.3, -0.25) is 0 Å². The van der Waals surface area contributed by atoms with Crippen LogP contribution in [0.4, 0.5) is 0 Å². The molecular weight excluding hydrogens is 428 g/mol. The van der Waals surface area contributed by atoms with E-state index in [1.165, 1.54) is 70.6 Å². The molecule has 1 N–H and O–H groups in total. The van der Waals surface area contributed by atoms with E-state index in [2.05, 4.69) is 47.6 Å². The largest absolute Gasteiger partial charge is 0.368 e. The molecule has 0 heterocycles. The van der Waals surface area contributed by atoms with Crippen LogP contribution in [0.2, 0.25) is 0 Å². The van der Waals surface area contributed by atoms with Crippen LogP contribution in [0.15, 0.2) is 11.6 Å². The average Bonchev–Trinajstić information content (AvgIpc) is 3.16. The number of aliphatic hydroxyl groups is 1. The van der Waals surface area contributed by atoms with E-state index in [1.807, 2.05) is 0 Å². The van der Waals surface area contributed by atoms with Crippen LogP contribution in [0.3, 0.4) is 0 Å². The average molecular weight is 487 g/mol. The van der Waals surface area contributed by atoms with Crippen molar-refractivity contribution in [2.45, 2.75) is 150 Å². The molecule has 0 saturated heterocycles. The van der Waals surface area contributed by atoms with Gasteiger partial charge in [0.25, 0.3) is 0 Å². The number of fused-ring (bicyclic) bond motifs is 5. The summed E-state index contributed by atoms with van der Waals surface area (Å²) in [5.41, 5.74) is 2.62. The number of hydrogen-bond donors (Lipinski definition) is 1. The third-order valence-corrected chi connectivity index (χ3v) is 11.7. The van der Waals surface area contributed by atoms with Crippen LogP contribution >= 0.6 is 0 Å². The molecule has 0 bridgehead atoms. The quantitative estimate of drug-likeness (QED) is 0.179. The summed E-state index contributed by atoms with van der Waals surface area (Å²) >= 11 is 0. The van der Waals surface area contributed by atoms with E-state index in [1.54, 1.807) is 5.57 Å². The Hall–Kier alpha value is -0.340. The molecule has 202 valence electrons. The van der Waals surface area contributed by atoms with Crippen LogP contribution in [-0.2, 0) is 4.74 Å². The third kappa shape index (κ3) is 5.74. The summed E-state index contributed by atoms with van der Waals surface area (Å²) in [5.74, 6) is 5.37. The molecule has 2 nitrogen and oxygen atoms in total. The Morgan fingerprint density at radius 3 is 2.49 bits per heavy atom. The monoisotopic (exact) mass is 486 g/mol. The summed E-state index contributed by atoms with van der Waals surface area (Å²) in [5, 5.41) is 10.4. The molecule has 0 spiro atoms. The molecule has 3 fully saturated rings. The summed E-state index contributed by atoms with van der Waals surface area (Å²) in [6, 6.07) is 0. The Bertz CT molecular complexity index is 712. The Morgan fingerprint density at radius 1 is 0.943 bits per heavy atom. The van der Waals surface area contributed by atoms with E-state index in [0.29, 0.717) is 10.8 Å². The number of aliphatic hydroxyl groups excluding tert-OH is 1. The number of unbranched alkanes of at least 4 members (excludes halogenated alkanes) is 2. The summed E-state index contributed by atoms with van der Waals surface area (Å²) < 4.78 is 6.16. The van der Waals surface area contributed by atoms with E-state index in [4.69, 9.17) is 4.74 Å². The predicted molar refractivity (Wildman–Crippen MR) is 148 cm³/mol. The highest BCUT2D eigenvalue weighted by molar-refractivity contribution is 5.25. The maximum absolute atomic E-state index is 10.4. The second kappa shape index (κ2) is 11.6. The van der Waals surface area contributed by atoms with Crippen molar-refractivity contribution in [1.29, 1.82) is 0 Å². The van der Waals surface area contributed by atoms with Gasteiger partial charge < -0.3 is 9.84 Å². The third-order valence-electron chi connectivity index (χ3n) is 11.7. The maximum Gasteiger partial charge on any atom is 0.154 e. The lowest BCUT2D eigenvalue weighted by Gasteiger charge is -2.58. The SMILES string of the molecule is CCCCCC(O)O[C@H]1CC[C@@]2(C)C(=CC[C@H]3[C@@H]4CC[C@H]([C@H](C)CCCC(C)C)[C@@]4(C)CC[C@@H]32)C1. The Kier molecular flexibility index (Phi) is 9.17. The van der Waals surface area contributed by atoms with Gasteiger partial charge in [-0.15, -0.1) is 0 Å². The van der Waals surface area contributed by atoms with Gasteiger partial charge in [-0.1, -0.05) is 85.3 Å². The molecule has 0 amide bonds. The number of allylic oxidation sites excluding steroid dienone is 1. The minimum absolute atomic E-state index is 0.221. The molecule has 0 aromatic heterocycles. The molecule has 9 atom stereocenters. The van der Waals surface area contributed by atoms with Gasteiger partial charge in [0.15, 0.2) is 6.29 Å². The maximum atomic E-state index is 10.4. The fourth-order valence-electron chi connectivity index (χ4n) is 9.63. The molecule has 0 aromatic carbocycles. The van der Waals surface area contributed by atoms with Crippen molar-refractivity contribution < 1.29 is 9.84 Å². The second-order valence-electron chi connectivity index (χ2n) is 14.2. The molecule has 1 unspecified atom stereocenters. The van der Waals surface area contributed by atoms with Gasteiger partial charge >= 0.3 is 0 Å². The molecule has 0 aromatic rings. The van der Waals surface area contributed by atoms with E-state index in [-0.39, 0.29) is 6.10 Å². The number of rotatable bonds is 11. The Morgan fingerprint density at radius 2 is 1.74 bits per heavy atom. The zero-order valence-corrected chi connectivity index (χ0v) is 24.2. The van der Waals surface area contributed by atoms with Crippen molar-refractivity contribution in [2.75, 3.05) is 0 Å². The molecule has 3 saturated carbocycles. The van der Waals surface area contributed by atoms with Gasteiger partial charge in [0, 0.05) is 0 Å². The van der Waals surface area contributed by atoms with Crippen LogP contribution in [0.1, 0.15) is 138 Å². The zero-order chi connectivity index (χ0) is 25.2. The topological polar surface area (TPSA) is 29.5 Å². The fourth-order valence-corrected chi connectivity index (χ4v) is 9.63. The zero-order valence-electron chi connectivity index (χ0n) is 24.2. The van der Waals surface area contributed by atoms with Crippen molar-refractivity contribution in [3.8, 4) is 0 Å². The standard InChI is InChI=1S/C33H58O2/c1-7-8-9-13-31(34)35-26-18-20-32(5)25(22-26)14-15-27-29-17-16-28(24(4)12-10-11-23(2)3)33(29,6)21-19-30(27)32/h14,23-24,26-31,34H,7-13,15-22H2,1-6H3/t24-,26+,27+,28-,29+,30+,31?,32+,33-/m1/s1. The van der Waals surface area contributed by atoms with E-state index >= 15 is 0 Å². The molecular formula is C33H58O2. The second-order valence-corrected chi connectivity index (χ2v) is 14.2. The summed E-state index contributed by atoms with van der Waals surface area (Å²) in [4.78, 5) is 0. The van der Waals surface area contributed by atoms with Crippen molar-refractivity contribution in [1.82, 2.24) is 0 Å². The lowest BCUT2D eigenvalue weighted by molar-refractivity contribution is -0.152. The molecule has 4 aliphatic rings. The summed E-state index contributed by atoms with van der Waals surface area (Å²) in [6.45, 7) is 14.9. The molecule has 4 aliphatic carbocycles. The lowest BCUT2D eigenvalue weighted by atomic mass is 9.47. The predicted octanol–water partition coefficient (Wildman–Crippen LogP) is 9.31. The number of hydrogen-bond acceptors (Lipinski definition) is 2. The van der Waals surface area contributed by atoms with Crippen molar-refractivity contribution >= 4 is 0 Å². The van der Waals surface area contributed by atoms with Crippen LogP contribution < -0.4 is 0 Å². The smallest absolute Gasteiger partial charge is 0.154 e. The first kappa shape index (κ1) is 27.7. The van der Waals surface area contributed by atoms with Crippen molar-refractivity contribution in [3.63, 3.8) is 0 Å². The summed E-state index contributed by atoms with van der Waals surface area (Å²) in [7, 11) is 0. The van der Waals surface area contributed by atoms with E-state index in [0.717, 1.165) is 61.2 Å². The molecule has 4 rings (SSSR count). The van der Waals surface area contributed by atoms with Gasteiger partial charge in [0.2, 0.25) is 0 Å². The minimum Gasteiger partial charge on any atom is -0.368 e. The van der Waals surface area contributed by atoms with Gasteiger partial charge in [0.1, 0.15) is 0 Å². The normalized spacial score (nSPS) is 40.6. The first-order chi connectivity index (χ1) is 16.7. The Balaban J connectivity index is 1.39. The number of ether oxygens (including phenoxy) is 1. The van der Waals surface area contributed by atoms with Crippen LogP contribution in [0.25, 0.3) is 0 Å². The lowest BCUT2D eigenvalue weighted by Crippen LogP contribution is -2.51. The molecule has 0 aliphatic heterocycles. The molecule has 0 radical (unpaired) electrons. The van der Waals surface area contributed by atoms with Gasteiger partial charge in [-0.25, -0.2) is 0 Å². The van der Waals surface area contributed by atoms with Gasteiger partial charge in [-0.05, 0) is 111 Å². The van der Waals surface area contributed by atoms with Crippen LogP contribution in [0.5, 0.6) is 0 Å². The fraction of sp³-hybridized carbons (Fsp3) is 0.939.